The lowest BCUT2D eigenvalue weighted by molar-refractivity contribution is -0.00570. The molecule has 1 aliphatic rings. The molecule has 5 rings (SSSR count). The van der Waals surface area contributed by atoms with E-state index in [0.29, 0.717) is 11.6 Å². The molecule has 2 atom stereocenters. The Bertz CT molecular complexity index is 1220. The smallest absolute Gasteiger partial charge is 0.227 e. The molecule has 0 unspecified atom stereocenters. The Balaban J connectivity index is 1.64. The molecule has 0 aliphatic carbocycles. The first-order valence-corrected chi connectivity index (χ1v) is 11.0. The highest BCUT2D eigenvalue weighted by Gasteiger charge is 2.24. The van der Waals surface area contributed by atoms with E-state index in [9.17, 15) is 0 Å². The molecule has 0 saturated carbocycles. The molecule has 32 heavy (non-hydrogen) atoms. The summed E-state index contributed by atoms with van der Waals surface area (Å²) in [5, 5.41) is 4.10. The van der Waals surface area contributed by atoms with E-state index < -0.39 is 0 Å². The van der Waals surface area contributed by atoms with Crippen LogP contribution >= 0.6 is 0 Å². The first kappa shape index (κ1) is 20.4. The fourth-order valence-corrected chi connectivity index (χ4v) is 4.30. The fraction of sp³-hybridized carbons (Fsp3) is 0.269. The van der Waals surface area contributed by atoms with Gasteiger partial charge in [-0.1, -0.05) is 42.5 Å². The van der Waals surface area contributed by atoms with Crippen LogP contribution in [0.4, 0.5) is 11.6 Å². The second-order valence-electron chi connectivity index (χ2n) is 8.32. The summed E-state index contributed by atoms with van der Waals surface area (Å²) < 4.78 is 5.87. The van der Waals surface area contributed by atoms with Gasteiger partial charge in [0.2, 0.25) is 5.95 Å². The van der Waals surface area contributed by atoms with Crippen molar-refractivity contribution >= 4 is 22.7 Å². The van der Waals surface area contributed by atoms with Gasteiger partial charge in [0.1, 0.15) is 0 Å². The molecule has 2 aromatic carbocycles. The first-order chi connectivity index (χ1) is 15.6. The van der Waals surface area contributed by atoms with Crippen LogP contribution in [0.15, 0.2) is 66.9 Å². The molecule has 3 heterocycles. The van der Waals surface area contributed by atoms with Crippen LogP contribution in [0.1, 0.15) is 13.8 Å². The highest BCUT2D eigenvalue weighted by atomic mass is 16.5. The van der Waals surface area contributed by atoms with Crippen LogP contribution in [-0.2, 0) is 4.74 Å². The number of benzene rings is 2. The molecule has 4 aromatic rings. The molecule has 1 aliphatic heterocycles. The molecular weight excluding hydrogens is 398 g/mol. The lowest BCUT2D eigenvalue weighted by Gasteiger charge is -2.35. The normalized spacial score (nSPS) is 18.7. The Morgan fingerprint density at radius 1 is 0.906 bits per heavy atom. The van der Waals surface area contributed by atoms with Gasteiger partial charge in [-0.25, -0.2) is 9.97 Å². The standard InChI is InChI=1S/C26H27N5O/c1-17-15-31(16-18(2)32-17)26-28-14-21-13-23(19-7-5-4-6-8-19)24(29-25(21)30-26)20-9-11-22(27-3)12-10-20/h4-14,17-18,27H,15-16H2,1-3H3/t17-,18+. The summed E-state index contributed by atoms with van der Waals surface area (Å²) in [5.41, 5.74) is 5.93. The minimum atomic E-state index is 0.146. The highest BCUT2D eigenvalue weighted by molar-refractivity contribution is 5.90. The average Bonchev–Trinajstić information content (AvgIpc) is 2.83. The number of anilines is 2. The van der Waals surface area contributed by atoms with Gasteiger partial charge in [-0.2, -0.15) is 4.98 Å². The molecule has 1 saturated heterocycles. The van der Waals surface area contributed by atoms with Gasteiger partial charge in [-0.15, -0.1) is 0 Å². The van der Waals surface area contributed by atoms with Crippen molar-refractivity contribution in [2.24, 2.45) is 0 Å². The van der Waals surface area contributed by atoms with E-state index in [1.54, 1.807) is 0 Å². The Morgan fingerprint density at radius 3 is 2.31 bits per heavy atom. The number of pyridine rings is 1. The molecule has 162 valence electrons. The zero-order chi connectivity index (χ0) is 22.1. The summed E-state index contributed by atoms with van der Waals surface area (Å²) in [6, 6.07) is 20.8. The van der Waals surface area contributed by atoms with Gasteiger partial charge in [-0.3, -0.25) is 0 Å². The van der Waals surface area contributed by atoms with E-state index in [2.05, 4.69) is 71.5 Å². The lowest BCUT2D eigenvalue weighted by atomic mass is 9.98. The van der Waals surface area contributed by atoms with Crippen LogP contribution in [0.3, 0.4) is 0 Å². The van der Waals surface area contributed by atoms with Crippen LogP contribution in [0.25, 0.3) is 33.4 Å². The van der Waals surface area contributed by atoms with Crippen molar-refractivity contribution in [1.29, 1.82) is 0 Å². The number of morpholine rings is 1. The molecule has 0 amide bonds. The minimum Gasteiger partial charge on any atom is -0.388 e. The third-order valence-electron chi connectivity index (χ3n) is 5.79. The predicted octanol–water partition coefficient (Wildman–Crippen LogP) is 5.01. The second kappa shape index (κ2) is 8.55. The summed E-state index contributed by atoms with van der Waals surface area (Å²) in [6.45, 7) is 5.72. The van der Waals surface area contributed by atoms with E-state index in [-0.39, 0.29) is 12.2 Å². The van der Waals surface area contributed by atoms with Crippen molar-refractivity contribution in [3.8, 4) is 22.4 Å². The molecular formula is C26H27N5O. The fourth-order valence-electron chi connectivity index (χ4n) is 4.30. The van der Waals surface area contributed by atoms with E-state index >= 15 is 0 Å². The average molecular weight is 426 g/mol. The number of fused-ring (bicyclic) bond motifs is 1. The second-order valence-corrected chi connectivity index (χ2v) is 8.32. The Kier molecular flexibility index (Phi) is 5.45. The van der Waals surface area contributed by atoms with Gasteiger partial charge in [0.25, 0.3) is 0 Å². The SMILES string of the molecule is CNc1ccc(-c2nc3nc(N4C[C@@H](C)O[C@@H](C)C4)ncc3cc2-c2ccccc2)cc1. The van der Waals surface area contributed by atoms with Gasteiger partial charge < -0.3 is 15.0 Å². The van der Waals surface area contributed by atoms with Crippen molar-refractivity contribution in [2.45, 2.75) is 26.1 Å². The van der Waals surface area contributed by atoms with Gasteiger partial charge in [0.15, 0.2) is 5.65 Å². The summed E-state index contributed by atoms with van der Waals surface area (Å²) in [6.07, 6.45) is 2.18. The number of nitrogens with zero attached hydrogens (tertiary/aromatic N) is 4. The zero-order valence-corrected chi connectivity index (χ0v) is 18.6. The van der Waals surface area contributed by atoms with Crippen molar-refractivity contribution in [2.75, 3.05) is 30.4 Å². The van der Waals surface area contributed by atoms with Gasteiger partial charge in [0, 0.05) is 48.5 Å². The van der Waals surface area contributed by atoms with Crippen molar-refractivity contribution in [3.63, 3.8) is 0 Å². The minimum absolute atomic E-state index is 0.146. The Morgan fingerprint density at radius 2 is 1.62 bits per heavy atom. The quantitative estimate of drug-likeness (QED) is 0.496. The Hall–Kier alpha value is -3.51. The summed E-state index contributed by atoms with van der Waals surface area (Å²) in [7, 11) is 1.92. The number of rotatable bonds is 4. The maximum atomic E-state index is 5.87. The molecule has 6 heteroatoms. The van der Waals surface area contributed by atoms with Crippen molar-refractivity contribution in [3.05, 3.63) is 66.9 Å². The summed E-state index contributed by atoms with van der Waals surface area (Å²) in [5.74, 6) is 0.705. The number of aromatic nitrogens is 3. The molecule has 6 nitrogen and oxygen atoms in total. The summed E-state index contributed by atoms with van der Waals surface area (Å²) >= 11 is 0. The number of hydrogen-bond acceptors (Lipinski definition) is 6. The Labute approximate surface area is 188 Å². The zero-order valence-electron chi connectivity index (χ0n) is 18.6. The van der Waals surface area contributed by atoms with Crippen LogP contribution in [0, 0.1) is 0 Å². The van der Waals surface area contributed by atoms with E-state index in [1.165, 1.54) is 0 Å². The highest BCUT2D eigenvalue weighted by Crippen LogP contribution is 2.33. The topological polar surface area (TPSA) is 63.2 Å². The van der Waals surface area contributed by atoms with Gasteiger partial charge in [0.05, 0.1) is 17.9 Å². The maximum absolute atomic E-state index is 5.87. The monoisotopic (exact) mass is 425 g/mol. The molecule has 1 fully saturated rings. The maximum Gasteiger partial charge on any atom is 0.227 e. The summed E-state index contributed by atoms with van der Waals surface area (Å²) in [4.78, 5) is 16.8. The van der Waals surface area contributed by atoms with Crippen molar-refractivity contribution < 1.29 is 4.74 Å². The predicted molar refractivity (Wildman–Crippen MR) is 130 cm³/mol. The molecule has 0 radical (unpaired) electrons. The van der Waals surface area contributed by atoms with Gasteiger partial charge >= 0.3 is 0 Å². The van der Waals surface area contributed by atoms with Crippen LogP contribution in [-0.4, -0.2) is 47.3 Å². The van der Waals surface area contributed by atoms with Crippen LogP contribution in [0.5, 0.6) is 0 Å². The molecule has 2 aromatic heterocycles. The van der Waals surface area contributed by atoms with E-state index in [1.807, 2.05) is 31.4 Å². The molecule has 0 bridgehead atoms. The number of hydrogen-bond donors (Lipinski definition) is 1. The lowest BCUT2D eigenvalue weighted by Crippen LogP contribution is -2.46. The number of ether oxygens (including phenoxy) is 1. The van der Waals surface area contributed by atoms with E-state index in [4.69, 9.17) is 14.7 Å². The third kappa shape index (κ3) is 4.01. The van der Waals surface area contributed by atoms with Crippen LogP contribution in [0.2, 0.25) is 0 Å². The van der Waals surface area contributed by atoms with E-state index in [0.717, 1.165) is 46.5 Å². The molecule has 0 spiro atoms. The molecule has 1 N–H and O–H groups in total. The van der Waals surface area contributed by atoms with Crippen molar-refractivity contribution in [1.82, 2.24) is 15.0 Å². The van der Waals surface area contributed by atoms with Gasteiger partial charge in [-0.05, 0) is 37.6 Å². The largest absolute Gasteiger partial charge is 0.388 e. The number of nitrogens with one attached hydrogen (secondary N) is 1. The third-order valence-corrected chi connectivity index (χ3v) is 5.79. The first-order valence-electron chi connectivity index (χ1n) is 11.0. The van der Waals surface area contributed by atoms with Crippen LogP contribution < -0.4 is 10.2 Å².